The topological polar surface area (TPSA) is 40.5 Å². The number of carbonyl (C=O) groups excluding carboxylic acids is 1. The van der Waals surface area contributed by atoms with Gasteiger partial charge in [-0.05, 0) is 35.8 Å². The number of rotatable bonds is 4. The normalized spacial score (nSPS) is 14.4. The van der Waals surface area contributed by atoms with Gasteiger partial charge in [0.1, 0.15) is 6.61 Å². The number of hydrogen-bond donors (Lipinski definition) is 1. The van der Waals surface area contributed by atoms with Gasteiger partial charge in [-0.2, -0.15) is 0 Å². The number of carbonyl (C=O) groups is 1. The Morgan fingerprint density at radius 1 is 1.58 bits per heavy atom. The van der Waals surface area contributed by atoms with Gasteiger partial charge >= 0.3 is 0 Å². The first kappa shape index (κ1) is 14.1. The van der Waals surface area contributed by atoms with Crippen molar-refractivity contribution >= 4 is 17.2 Å². The van der Waals surface area contributed by atoms with Crippen LogP contribution in [0.5, 0.6) is 0 Å². The van der Waals surface area contributed by atoms with E-state index in [1.54, 1.807) is 16.2 Å². The Morgan fingerprint density at radius 2 is 2.37 bits per heavy atom. The molecule has 3 nitrogen and oxygen atoms in total. The molecule has 1 heterocycles. The first-order chi connectivity index (χ1) is 9.19. The van der Waals surface area contributed by atoms with E-state index in [1.807, 2.05) is 18.5 Å². The molecule has 19 heavy (non-hydrogen) atoms. The molecule has 102 valence electrons. The molecule has 4 heteroatoms. The van der Waals surface area contributed by atoms with Gasteiger partial charge in [-0.25, -0.2) is 0 Å². The minimum absolute atomic E-state index is 0.118. The van der Waals surface area contributed by atoms with Crippen LogP contribution in [0.1, 0.15) is 36.1 Å². The highest BCUT2D eigenvalue weighted by Gasteiger charge is 2.22. The molecule has 0 bridgehead atoms. The molecule has 1 aromatic rings. The maximum Gasteiger partial charge on any atom is 0.222 e. The van der Waals surface area contributed by atoms with Crippen LogP contribution in [0.2, 0.25) is 0 Å². The van der Waals surface area contributed by atoms with Crippen LogP contribution in [0.4, 0.5) is 0 Å². The van der Waals surface area contributed by atoms with E-state index in [0.717, 1.165) is 10.4 Å². The fourth-order valence-electron chi connectivity index (χ4n) is 2.11. The summed E-state index contributed by atoms with van der Waals surface area (Å²) in [6.45, 7) is 0.524. The maximum atomic E-state index is 12.0. The standard InChI is InChI=1S/C15H19NO2S/c1-16(15(18)9-12-4-2-5-12)10-13-8-14(19-11-13)6-3-7-17/h8,11-12,17H,2,4-5,7,9-10H2,1H3. The van der Waals surface area contributed by atoms with Gasteiger partial charge < -0.3 is 10.0 Å². The number of aliphatic hydroxyl groups excluding tert-OH is 1. The summed E-state index contributed by atoms with van der Waals surface area (Å²) >= 11 is 1.55. The third kappa shape index (κ3) is 4.09. The molecule has 0 radical (unpaired) electrons. The molecule has 2 rings (SSSR count). The largest absolute Gasteiger partial charge is 0.384 e. The number of thiophene rings is 1. The minimum Gasteiger partial charge on any atom is -0.384 e. The third-order valence-corrected chi connectivity index (χ3v) is 4.37. The maximum absolute atomic E-state index is 12.0. The molecular formula is C15H19NO2S. The van der Waals surface area contributed by atoms with Crippen molar-refractivity contribution in [2.75, 3.05) is 13.7 Å². The zero-order chi connectivity index (χ0) is 13.7. The molecule has 1 fully saturated rings. The molecule has 0 aliphatic heterocycles. The number of hydrogen-bond acceptors (Lipinski definition) is 3. The summed E-state index contributed by atoms with van der Waals surface area (Å²) in [4.78, 5) is 14.7. The predicted molar refractivity (Wildman–Crippen MR) is 76.7 cm³/mol. The monoisotopic (exact) mass is 277 g/mol. The fraction of sp³-hybridized carbons (Fsp3) is 0.533. The second kappa shape index (κ2) is 6.74. The smallest absolute Gasteiger partial charge is 0.222 e. The first-order valence-electron chi connectivity index (χ1n) is 6.60. The van der Waals surface area contributed by atoms with Gasteiger partial charge in [-0.3, -0.25) is 4.79 Å². The lowest BCUT2D eigenvalue weighted by molar-refractivity contribution is -0.132. The van der Waals surface area contributed by atoms with Gasteiger partial charge in [0, 0.05) is 20.0 Å². The van der Waals surface area contributed by atoms with Crippen molar-refractivity contribution in [1.82, 2.24) is 4.90 Å². The van der Waals surface area contributed by atoms with Crippen LogP contribution in [-0.4, -0.2) is 29.6 Å². The van der Waals surface area contributed by atoms with Crippen LogP contribution in [0, 0.1) is 17.8 Å². The van der Waals surface area contributed by atoms with E-state index in [2.05, 4.69) is 11.8 Å². The van der Waals surface area contributed by atoms with Gasteiger partial charge in [0.15, 0.2) is 0 Å². The molecule has 0 atom stereocenters. The highest BCUT2D eigenvalue weighted by atomic mass is 32.1. The van der Waals surface area contributed by atoms with Crippen molar-refractivity contribution < 1.29 is 9.90 Å². The van der Waals surface area contributed by atoms with E-state index < -0.39 is 0 Å². The van der Waals surface area contributed by atoms with Crippen LogP contribution in [0.25, 0.3) is 0 Å². The van der Waals surface area contributed by atoms with Crippen LogP contribution >= 0.6 is 11.3 Å². The summed E-state index contributed by atoms with van der Waals surface area (Å²) in [7, 11) is 1.86. The van der Waals surface area contributed by atoms with E-state index >= 15 is 0 Å². The fourth-order valence-corrected chi connectivity index (χ4v) is 2.88. The van der Waals surface area contributed by atoms with E-state index in [4.69, 9.17) is 5.11 Å². The molecule has 1 aliphatic carbocycles. The van der Waals surface area contributed by atoms with Crippen molar-refractivity contribution in [2.45, 2.75) is 32.2 Å². The van der Waals surface area contributed by atoms with Crippen molar-refractivity contribution in [3.63, 3.8) is 0 Å². The molecule has 0 spiro atoms. The van der Waals surface area contributed by atoms with E-state index in [1.165, 1.54) is 19.3 Å². The summed E-state index contributed by atoms with van der Waals surface area (Å²) in [5.74, 6) is 6.36. The Balaban J connectivity index is 1.85. The summed E-state index contributed by atoms with van der Waals surface area (Å²) < 4.78 is 0. The highest BCUT2D eigenvalue weighted by Crippen LogP contribution is 2.30. The highest BCUT2D eigenvalue weighted by molar-refractivity contribution is 7.10. The van der Waals surface area contributed by atoms with Gasteiger partial charge in [0.05, 0.1) is 4.88 Å². The molecule has 1 aromatic heterocycles. The van der Waals surface area contributed by atoms with E-state index in [0.29, 0.717) is 18.9 Å². The second-order valence-electron chi connectivity index (χ2n) is 5.03. The Labute approximate surface area is 118 Å². The average molecular weight is 277 g/mol. The lowest BCUT2D eigenvalue weighted by atomic mass is 9.83. The summed E-state index contributed by atoms with van der Waals surface area (Å²) in [5.41, 5.74) is 1.11. The third-order valence-electron chi connectivity index (χ3n) is 3.48. The lowest BCUT2D eigenvalue weighted by Crippen LogP contribution is -2.29. The van der Waals surface area contributed by atoms with Crippen molar-refractivity contribution in [3.8, 4) is 11.8 Å². The zero-order valence-corrected chi connectivity index (χ0v) is 12.0. The molecule has 1 saturated carbocycles. The summed E-state index contributed by atoms with van der Waals surface area (Å²) in [5, 5.41) is 10.7. The quantitative estimate of drug-likeness (QED) is 0.858. The summed E-state index contributed by atoms with van der Waals surface area (Å²) in [6.07, 6.45) is 4.38. The number of nitrogens with zero attached hydrogens (tertiary/aromatic N) is 1. The molecule has 1 amide bonds. The molecule has 1 N–H and O–H groups in total. The van der Waals surface area contributed by atoms with Crippen LogP contribution < -0.4 is 0 Å². The SMILES string of the molecule is CN(Cc1csc(C#CCO)c1)C(=O)CC1CCC1. The molecule has 0 unspecified atom stereocenters. The van der Waals surface area contributed by atoms with Crippen molar-refractivity contribution in [3.05, 3.63) is 21.9 Å². The minimum atomic E-state index is -0.118. The van der Waals surface area contributed by atoms with Gasteiger partial charge in [-0.15, -0.1) is 11.3 Å². The predicted octanol–water partition coefficient (Wildman–Crippen LogP) is 2.24. The van der Waals surface area contributed by atoms with E-state index in [9.17, 15) is 4.79 Å². The molecular weight excluding hydrogens is 258 g/mol. The lowest BCUT2D eigenvalue weighted by Gasteiger charge is -2.27. The Hall–Kier alpha value is -1.31. The molecule has 0 saturated heterocycles. The zero-order valence-electron chi connectivity index (χ0n) is 11.2. The van der Waals surface area contributed by atoms with Gasteiger partial charge in [0.25, 0.3) is 0 Å². The van der Waals surface area contributed by atoms with E-state index in [-0.39, 0.29) is 12.5 Å². The Morgan fingerprint density at radius 3 is 3.00 bits per heavy atom. The average Bonchev–Trinajstić information content (AvgIpc) is 2.78. The van der Waals surface area contributed by atoms with Gasteiger partial charge in [0.2, 0.25) is 5.91 Å². The van der Waals surface area contributed by atoms with Crippen LogP contribution in [-0.2, 0) is 11.3 Å². The number of amides is 1. The molecule has 0 aromatic carbocycles. The second-order valence-corrected chi connectivity index (χ2v) is 5.94. The number of aliphatic hydroxyl groups is 1. The molecule has 1 aliphatic rings. The van der Waals surface area contributed by atoms with Gasteiger partial charge in [-0.1, -0.05) is 18.3 Å². The van der Waals surface area contributed by atoms with Crippen LogP contribution in [0.15, 0.2) is 11.4 Å². The Kier molecular flexibility index (Phi) is 5.00. The summed E-state index contributed by atoms with van der Waals surface area (Å²) in [6, 6.07) is 1.99. The van der Waals surface area contributed by atoms with Crippen molar-refractivity contribution in [1.29, 1.82) is 0 Å². The first-order valence-corrected chi connectivity index (χ1v) is 7.48. The van der Waals surface area contributed by atoms with Crippen LogP contribution in [0.3, 0.4) is 0 Å². The van der Waals surface area contributed by atoms with Crippen molar-refractivity contribution in [2.24, 2.45) is 5.92 Å². The Bertz CT molecular complexity index is 494.